The number of urea groups is 1. The molecule has 37 heavy (non-hydrogen) atoms. The number of pyridine rings is 1. The van der Waals surface area contributed by atoms with Crippen molar-refractivity contribution in [3.05, 3.63) is 70.0 Å². The van der Waals surface area contributed by atoms with Gasteiger partial charge in [-0.15, -0.1) is 0 Å². The summed E-state index contributed by atoms with van der Waals surface area (Å²) in [5.41, 5.74) is 0.496. The van der Waals surface area contributed by atoms with Gasteiger partial charge in [-0.3, -0.25) is 15.1 Å². The van der Waals surface area contributed by atoms with Crippen LogP contribution in [0.2, 0.25) is 0 Å². The summed E-state index contributed by atoms with van der Waals surface area (Å²) in [7, 11) is 5.55. The predicted octanol–water partition coefficient (Wildman–Crippen LogP) is 4.54. The lowest BCUT2D eigenvalue weighted by atomic mass is 10.1. The van der Waals surface area contributed by atoms with Crippen LogP contribution in [0.4, 0.5) is 28.8 Å². The molecule has 194 valence electrons. The van der Waals surface area contributed by atoms with Crippen molar-refractivity contribution in [2.75, 3.05) is 44.9 Å². The van der Waals surface area contributed by atoms with E-state index < -0.39 is 17.6 Å². The van der Waals surface area contributed by atoms with Crippen molar-refractivity contribution in [3.8, 4) is 11.8 Å². The van der Waals surface area contributed by atoms with Crippen LogP contribution in [0.1, 0.15) is 32.1 Å². The molecule has 0 saturated heterocycles. The highest BCUT2D eigenvalue weighted by atomic mass is 32.1. The smallest absolute Gasteiger partial charge is 0.326 e. The topological polar surface area (TPSA) is 90.5 Å². The fraction of sp³-hybridized carbons (Fsp3) is 0.280. The Balaban J connectivity index is 1.68. The van der Waals surface area contributed by atoms with Crippen LogP contribution in [-0.4, -0.2) is 65.9 Å². The number of rotatable bonds is 6. The Bertz CT molecular complexity index is 1340. The summed E-state index contributed by atoms with van der Waals surface area (Å²) >= 11 is 1.22. The molecule has 0 fully saturated rings. The van der Waals surface area contributed by atoms with E-state index in [4.69, 9.17) is 0 Å². The third-order valence-corrected chi connectivity index (χ3v) is 5.91. The first kappa shape index (κ1) is 27.6. The van der Waals surface area contributed by atoms with Crippen LogP contribution in [0.15, 0.2) is 42.7 Å². The van der Waals surface area contributed by atoms with Gasteiger partial charge < -0.3 is 15.1 Å². The Morgan fingerprint density at radius 3 is 2.49 bits per heavy atom. The highest BCUT2D eigenvalue weighted by molar-refractivity contribution is 7.16. The third kappa shape index (κ3) is 8.03. The van der Waals surface area contributed by atoms with Gasteiger partial charge in [0.2, 0.25) is 0 Å². The lowest BCUT2D eigenvalue weighted by Gasteiger charge is -2.19. The van der Waals surface area contributed by atoms with Crippen molar-refractivity contribution in [2.45, 2.75) is 13.1 Å². The van der Waals surface area contributed by atoms with Crippen molar-refractivity contribution in [1.29, 1.82) is 0 Å². The maximum atomic E-state index is 12.9. The number of hydrogen-bond donors (Lipinski definition) is 2. The second-order valence-corrected chi connectivity index (χ2v) is 9.38. The van der Waals surface area contributed by atoms with E-state index >= 15 is 0 Å². The summed E-state index contributed by atoms with van der Waals surface area (Å²) in [6, 6.07) is 6.21. The van der Waals surface area contributed by atoms with Crippen LogP contribution in [0.25, 0.3) is 0 Å². The average Bonchev–Trinajstić information content (AvgIpc) is 3.29. The van der Waals surface area contributed by atoms with E-state index in [0.717, 1.165) is 24.4 Å². The largest absolute Gasteiger partial charge is 0.416 e. The number of carbonyl (C=O) groups excluding carboxylic acids is 2. The van der Waals surface area contributed by atoms with Gasteiger partial charge in [-0.1, -0.05) is 23.3 Å². The quantitative estimate of drug-likeness (QED) is 0.457. The van der Waals surface area contributed by atoms with Crippen molar-refractivity contribution in [1.82, 2.24) is 19.8 Å². The predicted molar refractivity (Wildman–Crippen MR) is 137 cm³/mol. The number of carbonyl (C=O) groups is 2. The molecule has 8 nitrogen and oxygen atoms in total. The molecule has 0 aliphatic carbocycles. The number of anilines is 2. The zero-order chi connectivity index (χ0) is 27.2. The summed E-state index contributed by atoms with van der Waals surface area (Å²) in [5, 5.41) is 5.71. The number of likely N-dealkylation sites (N-methyl/N-ethyl adjacent to an activating group) is 2. The lowest BCUT2D eigenvalue weighted by Crippen LogP contribution is -2.36. The molecule has 3 amide bonds. The van der Waals surface area contributed by atoms with Gasteiger partial charge in [-0.2, -0.15) is 13.2 Å². The molecule has 1 aromatic carbocycles. The first-order chi connectivity index (χ1) is 17.4. The fourth-order valence-corrected chi connectivity index (χ4v) is 3.58. The Labute approximate surface area is 216 Å². The van der Waals surface area contributed by atoms with Crippen molar-refractivity contribution < 1.29 is 22.8 Å². The zero-order valence-electron chi connectivity index (χ0n) is 20.6. The SMILES string of the molecule is Cc1ccc(NC(=O)c2cc(C(F)(F)F)ccn2)cc1C#Cc1cnc(NC(=O)N(C)CCN(C)C)s1. The van der Waals surface area contributed by atoms with Crippen molar-refractivity contribution in [3.63, 3.8) is 0 Å². The molecule has 2 aromatic heterocycles. The van der Waals surface area contributed by atoms with Gasteiger partial charge in [0.1, 0.15) is 5.69 Å². The Kier molecular flexibility index (Phi) is 8.86. The molecule has 12 heteroatoms. The monoisotopic (exact) mass is 530 g/mol. The first-order valence-corrected chi connectivity index (χ1v) is 11.8. The molecule has 0 spiro atoms. The number of nitrogens with one attached hydrogen (secondary N) is 2. The molecule has 0 saturated carbocycles. The van der Waals surface area contributed by atoms with E-state index in [-0.39, 0.29) is 11.7 Å². The molecular weight excluding hydrogens is 505 g/mol. The average molecular weight is 531 g/mol. The minimum Gasteiger partial charge on any atom is -0.326 e. The molecule has 2 heterocycles. The van der Waals surface area contributed by atoms with Gasteiger partial charge in [0.15, 0.2) is 5.13 Å². The summed E-state index contributed by atoms with van der Waals surface area (Å²) in [6.45, 7) is 3.13. The number of nitrogens with zero attached hydrogens (tertiary/aromatic N) is 4. The molecule has 0 radical (unpaired) electrons. The Morgan fingerprint density at radius 1 is 1.03 bits per heavy atom. The highest BCUT2D eigenvalue weighted by Gasteiger charge is 2.31. The number of aryl methyl sites for hydroxylation is 1. The lowest BCUT2D eigenvalue weighted by molar-refractivity contribution is -0.137. The third-order valence-electron chi connectivity index (χ3n) is 5.08. The summed E-state index contributed by atoms with van der Waals surface area (Å²) in [5.74, 6) is 5.22. The van der Waals surface area contributed by atoms with Crippen LogP contribution in [0.3, 0.4) is 0 Å². The second kappa shape index (κ2) is 11.9. The van der Waals surface area contributed by atoms with E-state index in [1.807, 2.05) is 25.9 Å². The highest BCUT2D eigenvalue weighted by Crippen LogP contribution is 2.29. The zero-order valence-corrected chi connectivity index (χ0v) is 21.4. The van der Waals surface area contributed by atoms with Gasteiger partial charge >= 0.3 is 12.2 Å². The van der Waals surface area contributed by atoms with Gasteiger partial charge in [0.25, 0.3) is 5.91 Å². The minimum absolute atomic E-state index is 0.273. The van der Waals surface area contributed by atoms with Gasteiger partial charge in [0, 0.05) is 37.6 Å². The van der Waals surface area contributed by atoms with Crippen molar-refractivity contribution >= 4 is 34.1 Å². The number of alkyl halides is 3. The molecule has 0 aliphatic heterocycles. The van der Waals surface area contributed by atoms with Gasteiger partial charge in [-0.05, 0) is 56.8 Å². The molecular formula is C25H25F3N6O2S. The number of amides is 3. The van der Waals surface area contributed by atoms with E-state index in [2.05, 4.69) is 32.4 Å². The van der Waals surface area contributed by atoms with Crippen LogP contribution in [0.5, 0.6) is 0 Å². The van der Waals surface area contributed by atoms with E-state index in [1.165, 1.54) is 11.3 Å². The van der Waals surface area contributed by atoms with Crippen LogP contribution < -0.4 is 10.6 Å². The summed E-state index contributed by atoms with van der Waals surface area (Å²) < 4.78 is 38.8. The second-order valence-electron chi connectivity index (χ2n) is 8.35. The van der Waals surface area contributed by atoms with E-state index in [0.29, 0.717) is 33.9 Å². The number of thiazole rings is 1. The van der Waals surface area contributed by atoms with Crippen LogP contribution >= 0.6 is 11.3 Å². The molecule has 3 rings (SSSR count). The minimum atomic E-state index is -4.58. The molecule has 0 aliphatic rings. The maximum Gasteiger partial charge on any atom is 0.416 e. The molecule has 3 aromatic rings. The summed E-state index contributed by atoms with van der Waals surface area (Å²) in [6.07, 6.45) is -2.09. The van der Waals surface area contributed by atoms with Crippen molar-refractivity contribution in [2.24, 2.45) is 0 Å². The number of benzene rings is 1. The number of hydrogen-bond acceptors (Lipinski definition) is 6. The molecule has 2 N–H and O–H groups in total. The standard InChI is InChI=1S/C25H25F3N6O2S/c1-16-5-7-19(31-22(35)21-14-18(9-10-29-21)25(26,27)28)13-17(16)6-8-20-15-30-23(37-20)32-24(36)34(4)12-11-33(2)3/h5,7,9-10,13-15H,11-12H2,1-4H3,(H,31,35)(H,30,32,36). The Hall–Kier alpha value is -3.95. The number of halogens is 3. The first-order valence-electron chi connectivity index (χ1n) is 11.0. The van der Waals surface area contributed by atoms with E-state index in [9.17, 15) is 22.8 Å². The van der Waals surface area contributed by atoms with Crippen LogP contribution in [-0.2, 0) is 6.18 Å². The Morgan fingerprint density at radius 2 is 1.78 bits per heavy atom. The maximum absolute atomic E-state index is 12.9. The van der Waals surface area contributed by atoms with E-state index in [1.54, 1.807) is 36.3 Å². The van der Waals surface area contributed by atoms with Gasteiger partial charge in [0.05, 0.1) is 16.6 Å². The van der Waals surface area contributed by atoms with Crippen LogP contribution in [0, 0.1) is 18.8 Å². The number of aromatic nitrogens is 2. The fourth-order valence-electron chi connectivity index (χ4n) is 2.92. The van der Waals surface area contributed by atoms with Gasteiger partial charge in [-0.25, -0.2) is 9.78 Å². The molecule has 0 atom stereocenters. The normalized spacial score (nSPS) is 11.0. The molecule has 0 unspecified atom stereocenters. The summed E-state index contributed by atoms with van der Waals surface area (Å²) in [4.78, 5) is 36.8. The molecule has 0 bridgehead atoms.